The second kappa shape index (κ2) is 5.95. The standard InChI is InChI=1S/C17H22F3NO3/c1-10(22)16(7-8-16)12-6-5-11(17(18,19)20)9-13(12)21-14(23)24-15(2,3)4/h5-6,9-10,22H,7-8H2,1-4H3,(H,21,23). The molecule has 134 valence electrons. The summed E-state index contributed by atoms with van der Waals surface area (Å²) >= 11 is 0. The molecule has 1 aromatic rings. The summed E-state index contributed by atoms with van der Waals surface area (Å²) in [6.07, 6.45) is -4.78. The van der Waals surface area contributed by atoms with Crippen molar-refractivity contribution in [1.82, 2.24) is 0 Å². The molecule has 0 spiro atoms. The number of carbonyl (C=O) groups is 1. The Morgan fingerprint density at radius 1 is 1.29 bits per heavy atom. The van der Waals surface area contributed by atoms with Crippen LogP contribution in [-0.2, 0) is 16.3 Å². The topological polar surface area (TPSA) is 58.6 Å². The molecule has 0 aromatic heterocycles. The van der Waals surface area contributed by atoms with E-state index in [9.17, 15) is 23.1 Å². The van der Waals surface area contributed by atoms with Gasteiger partial charge in [-0.1, -0.05) is 6.07 Å². The molecule has 0 heterocycles. The van der Waals surface area contributed by atoms with Crippen molar-refractivity contribution >= 4 is 11.8 Å². The molecule has 0 aliphatic heterocycles. The highest BCUT2D eigenvalue weighted by molar-refractivity contribution is 5.86. The second-order valence-corrected chi connectivity index (χ2v) is 7.22. The van der Waals surface area contributed by atoms with Gasteiger partial charge in [-0.05, 0) is 58.2 Å². The van der Waals surface area contributed by atoms with E-state index in [4.69, 9.17) is 4.74 Å². The lowest BCUT2D eigenvalue weighted by molar-refractivity contribution is -0.137. The predicted molar refractivity (Wildman–Crippen MR) is 83.9 cm³/mol. The van der Waals surface area contributed by atoms with E-state index in [1.54, 1.807) is 27.7 Å². The maximum atomic E-state index is 13.0. The van der Waals surface area contributed by atoms with Gasteiger partial charge in [0.05, 0.1) is 11.7 Å². The van der Waals surface area contributed by atoms with Crippen LogP contribution in [0.2, 0.25) is 0 Å². The van der Waals surface area contributed by atoms with Crippen molar-refractivity contribution in [1.29, 1.82) is 0 Å². The number of ether oxygens (including phenoxy) is 1. The normalized spacial score (nSPS) is 18.0. The fourth-order valence-electron chi connectivity index (χ4n) is 2.72. The van der Waals surface area contributed by atoms with Crippen LogP contribution in [0, 0.1) is 0 Å². The van der Waals surface area contributed by atoms with Gasteiger partial charge in [0.1, 0.15) is 5.60 Å². The molecule has 1 fully saturated rings. The van der Waals surface area contributed by atoms with E-state index in [0.29, 0.717) is 18.4 Å². The molecule has 1 atom stereocenters. The highest BCUT2D eigenvalue weighted by Crippen LogP contribution is 2.53. The average Bonchev–Trinajstić information content (AvgIpc) is 3.16. The van der Waals surface area contributed by atoms with E-state index in [0.717, 1.165) is 12.1 Å². The van der Waals surface area contributed by atoms with Gasteiger partial charge in [-0.25, -0.2) is 4.79 Å². The van der Waals surface area contributed by atoms with Gasteiger partial charge < -0.3 is 9.84 Å². The average molecular weight is 345 g/mol. The van der Waals surface area contributed by atoms with Crippen molar-refractivity contribution < 1.29 is 27.8 Å². The molecule has 1 saturated carbocycles. The Labute approximate surface area is 139 Å². The quantitative estimate of drug-likeness (QED) is 0.850. The van der Waals surface area contributed by atoms with Gasteiger partial charge in [-0.15, -0.1) is 0 Å². The van der Waals surface area contributed by atoms with Crippen LogP contribution in [0.15, 0.2) is 18.2 Å². The van der Waals surface area contributed by atoms with Crippen LogP contribution in [0.3, 0.4) is 0 Å². The van der Waals surface area contributed by atoms with Crippen LogP contribution in [-0.4, -0.2) is 22.9 Å². The fraction of sp³-hybridized carbons (Fsp3) is 0.588. The number of aliphatic hydroxyl groups excluding tert-OH is 1. The Hall–Kier alpha value is -1.76. The number of nitrogens with one attached hydrogen (secondary N) is 1. The third-order valence-electron chi connectivity index (χ3n) is 4.11. The molecule has 0 bridgehead atoms. The van der Waals surface area contributed by atoms with Crippen LogP contribution < -0.4 is 5.32 Å². The van der Waals surface area contributed by atoms with Crippen LogP contribution in [0.25, 0.3) is 0 Å². The fourth-order valence-corrected chi connectivity index (χ4v) is 2.72. The third-order valence-corrected chi connectivity index (χ3v) is 4.11. The van der Waals surface area contributed by atoms with Crippen molar-refractivity contribution in [2.75, 3.05) is 5.32 Å². The van der Waals surface area contributed by atoms with E-state index in [-0.39, 0.29) is 5.69 Å². The Balaban J connectivity index is 2.40. The number of rotatable bonds is 3. The Morgan fingerprint density at radius 2 is 1.88 bits per heavy atom. The number of carbonyl (C=O) groups excluding carboxylic acids is 1. The summed E-state index contributed by atoms with van der Waals surface area (Å²) in [7, 11) is 0. The molecule has 1 aliphatic rings. The molecule has 2 rings (SSSR count). The first-order valence-electron chi connectivity index (χ1n) is 7.75. The van der Waals surface area contributed by atoms with E-state index in [1.165, 1.54) is 6.07 Å². The van der Waals surface area contributed by atoms with Crippen molar-refractivity contribution in [2.24, 2.45) is 0 Å². The largest absolute Gasteiger partial charge is 0.444 e. The lowest BCUT2D eigenvalue weighted by Crippen LogP contribution is -2.29. The minimum atomic E-state index is -4.52. The summed E-state index contributed by atoms with van der Waals surface area (Å²) < 4.78 is 44.1. The van der Waals surface area contributed by atoms with Crippen LogP contribution in [0.5, 0.6) is 0 Å². The molecule has 0 saturated heterocycles. The first-order valence-corrected chi connectivity index (χ1v) is 7.75. The summed E-state index contributed by atoms with van der Waals surface area (Å²) in [5.74, 6) is 0. The van der Waals surface area contributed by atoms with Crippen molar-refractivity contribution in [2.45, 2.75) is 63.8 Å². The number of hydrogen-bond donors (Lipinski definition) is 2. The van der Waals surface area contributed by atoms with E-state index in [2.05, 4.69) is 5.32 Å². The summed E-state index contributed by atoms with van der Waals surface area (Å²) in [5, 5.41) is 12.4. The maximum absolute atomic E-state index is 13.0. The zero-order valence-corrected chi connectivity index (χ0v) is 14.1. The molecule has 1 unspecified atom stereocenters. The molecule has 0 radical (unpaired) electrons. The Kier molecular flexibility index (Phi) is 4.61. The highest BCUT2D eigenvalue weighted by Gasteiger charge is 2.50. The van der Waals surface area contributed by atoms with E-state index < -0.39 is 35.0 Å². The number of amides is 1. The highest BCUT2D eigenvalue weighted by atomic mass is 19.4. The molecule has 24 heavy (non-hydrogen) atoms. The molecular weight excluding hydrogens is 323 g/mol. The summed E-state index contributed by atoms with van der Waals surface area (Å²) in [6, 6.07) is 3.19. The summed E-state index contributed by atoms with van der Waals surface area (Å²) in [5.41, 5.74) is -1.73. The first-order chi connectivity index (χ1) is 10.8. The molecule has 1 aromatic carbocycles. The monoisotopic (exact) mass is 345 g/mol. The van der Waals surface area contributed by atoms with Crippen LogP contribution in [0.4, 0.5) is 23.7 Å². The van der Waals surface area contributed by atoms with Gasteiger partial charge in [0, 0.05) is 11.1 Å². The van der Waals surface area contributed by atoms with Gasteiger partial charge in [0.25, 0.3) is 0 Å². The summed E-state index contributed by atoms with van der Waals surface area (Å²) in [4.78, 5) is 12.0. The van der Waals surface area contributed by atoms with Crippen molar-refractivity contribution in [3.63, 3.8) is 0 Å². The second-order valence-electron chi connectivity index (χ2n) is 7.22. The first kappa shape index (κ1) is 18.6. The lowest BCUT2D eigenvalue weighted by Gasteiger charge is -2.25. The number of anilines is 1. The molecule has 1 amide bonds. The number of aliphatic hydroxyl groups is 1. The van der Waals surface area contributed by atoms with E-state index in [1.807, 2.05) is 0 Å². The molecule has 7 heteroatoms. The Bertz CT molecular complexity index is 629. The number of alkyl halides is 3. The summed E-state index contributed by atoms with van der Waals surface area (Å²) in [6.45, 7) is 6.59. The van der Waals surface area contributed by atoms with Gasteiger partial charge >= 0.3 is 12.3 Å². The van der Waals surface area contributed by atoms with Crippen LogP contribution in [0.1, 0.15) is 51.7 Å². The van der Waals surface area contributed by atoms with Crippen molar-refractivity contribution in [3.05, 3.63) is 29.3 Å². The zero-order valence-electron chi connectivity index (χ0n) is 14.1. The SMILES string of the molecule is CC(O)C1(c2ccc(C(F)(F)F)cc2NC(=O)OC(C)(C)C)CC1. The minimum absolute atomic E-state index is 0.0254. The smallest absolute Gasteiger partial charge is 0.416 e. The molecular formula is C17H22F3NO3. The van der Waals surface area contributed by atoms with Gasteiger partial charge in [-0.3, -0.25) is 5.32 Å². The van der Waals surface area contributed by atoms with Gasteiger partial charge in [-0.2, -0.15) is 13.2 Å². The Morgan fingerprint density at radius 3 is 2.29 bits per heavy atom. The van der Waals surface area contributed by atoms with Crippen molar-refractivity contribution in [3.8, 4) is 0 Å². The number of benzene rings is 1. The van der Waals surface area contributed by atoms with Gasteiger partial charge in [0.2, 0.25) is 0 Å². The molecule has 4 nitrogen and oxygen atoms in total. The predicted octanol–water partition coefficient (Wildman–Crippen LogP) is 4.46. The number of hydrogen-bond acceptors (Lipinski definition) is 3. The zero-order chi connectivity index (χ0) is 18.3. The molecule has 1 aliphatic carbocycles. The minimum Gasteiger partial charge on any atom is -0.444 e. The van der Waals surface area contributed by atoms with Crippen LogP contribution >= 0.6 is 0 Å². The lowest BCUT2D eigenvalue weighted by atomic mass is 9.88. The third kappa shape index (κ3) is 4.01. The maximum Gasteiger partial charge on any atom is 0.416 e. The van der Waals surface area contributed by atoms with Gasteiger partial charge in [0.15, 0.2) is 0 Å². The van der Waals surface area contributed by atoms with E-state index >= 15 is 0 Å². The molecule has 2 N–H and O–H groups in total. The number of halogens is 3.